The van der Waals surface area contributed by atoms with E-state index in [9.17, 15) is 14.9 Å². The number of carbonyl (C=O) groups excluding carboxylic acids is 1. The van der Waals surface area contributed by atoms with Gasteiger partial charge < -0.3 is 10.1 Å². The Kier molecular flexibility index (Phi) is 4.63. The van der Waals surface area contributed by atoms with Crippen molar-refractivity contribution in [3.8, 4) is 5.75 Å². The maximum Gasteiger partial charge on any atom is 0.256 e. The van der Waals surface area contributed by atoms with Crippen molar-refractivity contribution in [3.63, 3.8) is 0 Å². The average Bonchev–Trinajstić information content (AvgIpc) is 3.12. The fourth-order valence-corrected chi connectivity index (χ4v) is 4.97. The molecule has 2 aromatic rings. The zero-order chi connectivity index (χ0) is 20.1. The maximum absolute atomic E-state index is 13.1. The number of ether oxygens (including phenoxy) is 1. The van der Waals surface area contributed by atoms with Gasteiger partial charge in [0, 0.05) is 32.3 Å². The molecule has 0 saturated carbocycles. The number of halogens is 1. The first-order valence-corrected chi connectivity index (χ1v) is 9.93. The summed E-state index contributed by atoms with van der Waals surface area (Å²) in [5.74, 6) is -0.344. The fourth-order valence-electron chi connectivity index (χ4n) is 4.59. The van der Waals surface area contributed by atoms with Crippen LogP contribution in [0.25, 0.3) is 0 Å². The molecule has 0 bridgehead atoms. The topological polar surface area (TPSA) is 93.5 Å². The quantitative estimate of drug-likeness (QED) is 0.555. The van der Waals surface area contributed by atoms with Crippen LogP contribution < -0.4 is 15.4 Å². The van der Waals surface area contributed by atoms with Crippen molar-refractivity contribution in [3.05, 3.63) is 68.2 Å². The highest BCUT2D eigenvalue weighted by Crippen LogP contribution is 2.51. The lowest BCUT2D eigenvalue weighted by Gasteiger charge is -2.26. The number of nitrogens with zero attached hydrogens (tertiary/aromatic N) is 1. The van der Waals surface area contributed by atoms with Crippen LogP contribution in [0.15, 0.2) is 46.9 Å². The Morgan fingerprint density at radius 2 is 2.04 bits per heavy atom. The van der Waals surface area contributed by atoms with E-state index >= 15 is 0 Å². The van der Waals surface area contributed by atoms with Crippen LogP contribution in [0.3, 0.4) is 0 Å². The second-order valence-electron chi connectivity index (χ2n) is 7.11. The Hall–Kier alpha value is -2.45. The zero-order valence-corrected chi connectivity index (χ0v) is 17.0. The van der Waals surface area contributed by atoms with Gasteiger partial charge in [0.2, 0.25) is 0 Å². The molecule has 7 nitrogen and oxygen atoms in total. The molecule has 4 atom stereocenters. The van der Waals surface area contributed by atoms with Crippen molar-refractivity contribution >= 4 is 27.5 Å². The van der Waals surface area contributed by atoms with E-state index in [1.165, 1.54) is 0 Å². The van der Waals surface area contributed by atoms with Crippen LogP contribution in [-0.2, 0) is 10.3 Å². The summed E-state index contributed by atoms with van der Waals surface area (Å²) in [5, 5.41) is 18.4. The maximum atomic E-state index is 13.1. The summed E-state index contributed by atoms with van der Waals surface area (Å²) < 4.78 is 6.56. The number of nitrogens with one attached hydrogen (secondary N) is 2. The number of nitro groups is 1. The van der Waals surface area contributed by atoms with Crippen molar-refractivity contribution in [2.24, 2.45) is 0 Å². The molecule has 146 valence electrons. The molecule has 2 heterocycles. The van der Waals surface area contributed by atoms with Crippen molar-refractivity contribution in [1.29, 1.82) is 0 Å². The minimum absolute atomic E-state index is 0.319. The fraction of sp³-hybridized carbons (Fsp3) is 0.350. The predicted octanol–water partition coefficient (Wildman–Crippen LogP) is 3.42. The van der Waals surface area contributed by atoms with Gasteiger partial charge in [-0.2, -0.15) is 0 Å². The van der Waals surface area contributed by atoms with E-state index < -0.39 is 23.4 Å². The Balaban J connectivity index is 1.91. The minimum Gasteiger partial charge on any atom is -0.494 e. The highest BCUT2D eigenvalue weighted by Gasteiger charge is 2.67. The third-order valence-electron chi connectivity index (χ3n) is 5.59. The number of hydrogen-bond acceptors (Lipinski definition) is 5. The van der Waals surface area contributed by atoms with Gasteiger partial charge in [-0.15, -0.1) is 0 Å². The number of carbonyl (C=O) groups is 1. The summed E-state index contributed by atoms with van der Waals surface area (Å²) in [6, 6.07) is 11.1. The first-order valence-electron chi connectivity index (χ1n) is 9.14. The number of anilines is 1. The Bertz CT molecular complexity index is 966. The van der Waals surface area contributed by atoms with Crippen molar-refractivity contribution in [2.75, 3.05) is 11.9 Å². The lowest BCUT2D eigenvalue weighted by atomic mass is 9.78. The molecule has 1 amide bonds. The number of benzene rings is 2. The van der Waals surface area contributed by atoms with Gasteiger partial charge in [0.05, 0.1) is 12.5 Å². The summed E-state index contributed by atoms with van der Waals surface area (Å²) in [5.41, 5.74) is 0.519. The number of hydrogen-bond donors (Lipinski definition) is 2. The lowest BCUT2D eigenvalue weighted by Crippen LogP contribution is -2.54. The van der Waals surface area contributed by atoms with Gasteiger partial charge in [-0.05, 0) is 38.1 Å². The van der Waals surface area contributed by atoms with E-state index in [-0.39, 0.29) is 11.0 Å². The van der Waals surface area contributed by atoms with Gasteiger partial charge >= 0.3 is 0 Å². The van der Waals surface area contributed by atoms with Crippen LogP contribution in [0.2, 0.25) is 0 Å². The van der Waals surface area contributed by atoms with Gasteiger partial charge in [-0.3, -0.25) is 20.2 Å². The number of rotatable bonds is 4. The molecule has 1 fully saturated rings. The number of amides is 1. The smallest absolute Gasteiger partial charge is 0.256 e. The Labute approximate surface area is 170 Å². The molecule has 2 aliphatic rings. The highest BCUT2D eigenvalue weighted by molar-refractivity contribution is 9.10. The van der Waals surface area contributed by atoms with Gasteiger partial charge in [0.15, 0.2) is 5.54 Å². The third-order valence-corrected chi connectivity index (χ3v) is 6.09. The summed E-state index contributed by atoms with van der Waals surface area (Å²) in [7, 11) is 0. The molecule has 2 N–H and O–H groups in total. The summed E-state index contributed by atoms with van der Waals surface area (Å²) in [6.07, 6.45) is 0. The van der Waals surface area contributed by atoms with Crippen molar-refractivity contribution in [2.45, 2.75) is 37.4 Å². The second kappa shape index (κ2) is 6.86. The minimum atomic E-state index is -1.42. The molecule has 0 aromatic heterocycles. The predicted molar refractivity (Wildman–Crippen MR) is 108 cm³/mol. The van der Waals surface area contributed by atoms with Crippen LogP contribution in [0, 0.1) is 10.1 Å². The number of para-hydroxylation sites is 1. The van der Waals surface area contributed by atoms with Crippen LogP contribution in [0.5, 0.6) is 5.75 Å². The Morgan fingerprint density at radius 1 is 1.29 bits per heavy atom. The van der Waals surface area contributed by atoms with Crippen LogP contribution >= 0.6 is 15.9 Å². The largest absolute Gasteiger partial charge is 0.494 e. The molecule has 8 heteroatoms. The third kappa shape index (κ3) is 2.62. The van der Waals surface area contributed by atoms with Crippen LogP contribution in [-0.4, -0.2) is 29.5 Å². The summed E-state index contributed by atoms with van der Waals surface area (Å²) in [6.45, 7) is 4.19. The summed E-state index contributed by atoms with van der Waals surface area (Å²) in [4.78, 5) is 25.1. The van der Waals surface area contributed by atoms with Gasteiger partial charge in [0.1, 0.15) is 5.75 Å². The van der Waals surface area contributed by atoms with E-state index in [1.807, 2.05) is 26.0 Å². The van der Waals surface area contributed by atoms with Crippen LogP contribution in [0.1, 0.15) is 30.9 Å². The monoisotopic (exact) mass is 445 g/mol. The molecule has 2 aromatic carbocycles. The molecule has 28 heavy (non-hydrogen) atoms. The molecule has 1 saturated heterocycles. The van der Waals surface area contributed by atoms with Gasteiger partial charge in [-0.1, -0.05) is 34.1 Å². The number of fused-ring (bicyclic) bond motifs is 2. The van der Waals surface area contributed by atoms with E-state index in [0.29, 0.717) is 29.2 Å². The molecule has 2 aliphatic heterocycles. The van der Waals surface area contributed by atoms with E-state index in [4.69, 9.17) is 4.74 Å². The first-order chi connectivity index (χ1) is 13.4. The summed E-state index contributed by atoms with van der Waals surface area (Å²) >= 11 is 3.46. The van der Waals surface area contributed by atoms with E-state index in [0.717, 1.165) is 4.47 Å². The highest BCUT2D eigenvalue weighted by atomic mass is 79.9. The van der Waals surface area contributed by atoms with Gasteiger partial charge in [0.25, 0.3) is 11.9 Å². The van der Waals surface area contributed by atoms with Crippen molar-refractivity contribution in [1.82, 2.24) is 5.32 Å². The molecule has 4 rings (SSSR count). The molecule has 1 spiro atoms. The van der Waals surface area contributed by atoms with E-state index in [2.05, 4.69) is 26.6 Å². The molecule has 0 unspecified atom stereocenters. The lowest BCUT2D eigenvalue weighted by molar-refractivity contribution is -0.532. The second-order valence-corrected chi connectivity index (χ2v) is 8.03. The first kappa shape index (κ1) is 18.9. The SMILES string of the molecule is CCOc1ccc(Br)cc1[C@@H]1[C@H](C)N[C@@]2(C(=O)Nc3ccccc32)[C@H]1[N+](=O)[O-]. The zero-order valence-electron chi connectivity index (χ0n) is 15.4. The standard InChI is InChI=1S/C20H20BrN3O4/c1-3-28-16-9-8-12(21)10-13(16)17-11(2)23-20(18(17)24(26)27)14-6-4-5-7-15(14)22-19(20)25/h4-11,17-18,23H,3H2,1-2H3,(H,22,25)/t11-,17-,18-,20+/m0/s1. The average molecular weight is 446 g/mol. The van der Waals surface area contributed by atoms with Crippen LogP contribution in [0.4, 0.5) is 5.69 Å². The van der Waals surface area contributed by atoms with Gasteiger partial charge in [-0.25, -0.2) is 0 Å². The molecular formula is C20H20BrN3O4. The normalized spacial score (nSPS) is 28.2. The molecular weight excluding hydrogens is 426 g/mol. The van der Waals surface area contributed by atoms with E-state index in [1.54, 1.807) is 30.3 Å². The Morgan fingerprint density at radius 3 is 2.75 bits per heavy atom. The molecule has 0 aliphatic carbocycles. The van der Waals surface area contributed by atoms with Crippen molar-refractivity contribution < 1.29 is 14.5 Å². The molecule has 0 radical (unpaired) electrons.